The number of para-hydroxylation sites is 1. The van der Waals surface area contributed by atoms with Crippen molar-refractivity contribution in [2.24, 2.45) is 0 Å². The van der Waals surface area contributed by atoms with Gasteiger partial charge < -0.3 is 4.57 Å². The summed E-state index contributed by atoms with van der Waals surface area (Å²) in [5, 5.41) is 8.06. The van der Waals surface area contributed by atoms with Crippen molar-refractivity contribution in [2.75, 3.05) is 0 Å². The number of nitrogens with zero attached hydrogens (tertiary/aromatic N) is 1. The number of fused-ring (bicyclic) bond motifs is 5. The van der Waals surface area contributed by atoms with E-state index in [0.717, 1.165) is 12.8 Å². The van der Waals surface area contributed by atoms with Gasteiger partial charge in [0.25, 0.3) is 0 Å². The topological polar surface area (TPSA) is 4.93 Å². The highest BCUT2D eigenvalue weighted by atomic mass is 15.0. The minimum atomic E-state index is 0. The highest BCUT2D eigenvalue weighted by molar-refractivity contribution is 6.08. The summed E-state index contributed by atoms with van der Waals surface area (Å²) in [4.78, 5) is 0. The van der Waals surface area contributed by atoms with Crippen LogP contribution < -0.4 is 0 Å². The maximum atomic E-state index is 2.52. The fourth-order valence-electron chi connectivity index (χ4n) is 5.32. The van der Waals surface area contributed by atoms with Crippen LogP contribution >= 0.6 is 0 Å². The molecule has 34 heavy (non-hydrogen) atoms. The third-order valence-corrected chi connectivity index (χ3v) is 7.07. The van der Waals surface area contributed by atoms with E-state index in [1.807, 2.05) is 0 Å². The number of hydrogen-bond donors (Lipinski definition) is 0. The van der Waals surface area contributed by atoms with Crippen molar-refractivity contribution in [1.29, 1.82) is 0 Å². The molecule has 0 saturated heterocycles. The molecule has 0 N–H and O–H groups in total. The lowest BCUT2D eigenvalue weighted by Gasteiger charge is -2.15. The van der Waals surface area contributed by atoms with Gasteiger partial charge in [-0.25, -0.2) is 0 Å². The summed E-state index contributed by atoms with van der Waals surface area (Å²) in [7, 11) is 0. The standard InChI is InChI=1S/C31H27N.2CH4/c1-3-21(2)32-30-15-9-8-14-27(30)29-19-22(16-17-31(29)32)18-28-25-12-6-4-10-23(25)20-24-11-5-7-13-26(24)28;;/h4-17,19-21H,3,18H2,1-2H3;2*1H4. The van der Waals surface area contributed by atoms with Gasteiger partial charge in [0.15, 0.2) is 0 Å². The number of hydrogen-bond acceptors (Lipinski definition) is 0. The lowest BCUT2D eigenvalue weighted by atomic mass is 9.92. The smallest absolute Gasteiger partial charge is 0.0494 e. The van der Waals surface area contributed by atoms with Gasteiger partial charge in [0.1, 0.15) is 0 Å². The molecule has 0 radical (unpaired) electrons. The van der Waals surface area contributed by atoms with Crippen molar-refractivity contribution in [3.8, 4) is 0 Å². The van der Waals surface area contributed by atoms with Crippen LogP contribution in [0.15, 0.2) is 97.1 Å². The van der Waals surface area contributed by atoms with Gasteiger partial charge in [0.05, 0.1) is 0 Å². The van der Waals surface area contributed by atoms with Crippen LogP contribution in [0.4, 0.5) is 0 Å². The van der Waals surface area contributed by atoms with Gasteiger partial charge in [-0.1, -0.05) is 94.6 Å². The molecule has 6 aromatic rings. The SMILES string of the molecule is C.C.CCC(C)n1c2ccccc2c2cc(Cc3c4ccccc4cc4ccccc34)ccc21. The fraction of sp³-hybridized carbons (Fsp3) is 0.212. The van der Waals surface area contributed by atoms with Crippen molar-refractivity contribution in [3.05, 3.63) is 108 Å². The molecule has 0 spiro atoms. The zero-order chi connectivity index (χ0) is 21.7. The zero-order valence-corrected chi connectivity index (χ0v) is 18.7. The van der Waals surface area contributed by atoms with E-state index < -0.39 is 0 Å². The van der Waals surface area contributed by atoms with Crippen LogP contribution in [0.3, 0.4) is 0 Å². The molecule has 0 amide bonds. The Morgan fingerprint density at radius 3 is 1.82 bits per heavy atom. The monoisotopic (exact) mass is 445 g/mol. The van der Waals surface area contributed by atoms with Gasteiger partial charge in [-0.15, -0.1) is 0 Å². The van der Waals surface area contributed by atoms with E-state index in [9.17, 15) is 0 Å². The molecule has 0 fully saturated rings. The second-order valence-corrected chi connectivity index (χ2v) is 8.97. The highest BCUT2D eigenvalue weighted by Gasteiger charge is 2.15. The van der Waals surface area contributed by atoms with Gasteiger partial charge in [0, 0.05) is 27.8 Å². The van der Waals surface area contributed by atoms with Gasteiger partial charge in [-0.2, -0.15) is 0 Å². The Balaban J connectivity index is 0.00000137. The van der Waals surface area contributed by atoms with E-state index in [0.29, 0.717) is 6.04 Å². The van der Waals surface area contributed by atoms with Crippen molar-refractivity contribution >= 4 is 43.4 Å². The normalized spacial score (nSPS) is 12.1. The second-order valence-electron chi connectivity index (χ2n) is 8.97. The first-order chi connectivity index (χ1) is 15.7. The first-order valence-electron chi connectivity index (χ1n) is 11.7. The molecule has 0 aliphatic carbocycles. The van der Waals surface area contributed by atoms with Crippen molar-refractivity contribution in [3.63, 3.8) is 0 Å². The molecule has 1 unspecified atom stereocenters. The van der Waals surface area contributed by atoms with Gasteiger partial charge in [-0.05, 0) is 76.7 Å². The predicted octanol–water partition coefficient (Wildman–Crippen LogP) is 9.93. The molecule has 6 rings (SSSR count). The predicted molar refractivity (Wildman–Crippen MR) is 152 cm³/mol. The summed E-state index contributed by atoms with van der Waals surface area (Å²) >= 11 is 0. The molecule has 1 aromatic heterocycles. The van der Waals surface area contributed by atoms with Gasteiger partial charge in [-0.3, -0.25) is 0 Å². The second kappa shape index (κ2) is 9.35. The van der Waals surface area contributed by atoms with Gasteiger partial charge >= 0.3 is 0 Å². The molecule has 0 aliphatic heterocycles. The molecule has 1 heteroatoms. The third-order valence-electron chi connectivity index (χ3n) is 7.07. The van der Waals surface area contributed by atoms with Gasteiger partial charge in [0.2, 0.25) is 0 Å². The Morgan fingerprint density at radius 1 is 0.618 bits per heavy atom. The third kappa shape index (κ3) is 3.66. The Hall–Kier alpha value is -3.58. The minimum absolute atomic E-state index is 0. The molecular weight excluding hydrogens is 410 g/mol. The largest absolute Gasteiger partial charge is 0.338 e. The molecule has 172 valence electrons. The van der Waals surface area contributed by atoms with E-state index in [4.69, 9.17) is 0 Å². The van der Waals surface area contributed by atoms with Crippen LogP contribution in [0.5, 0.6) is 0 Å². The van der Waals surface area contributed by atoms with Crippen LogP contribution in [0.2, 0.25) is 0 Å². The maximum absolute atomic E-state index is 2.52. The van der Waals surface area contributed by atoms with Crippen LogP contribution in [0.1, 0.15) is 52.3 Å². The van der Waals surface area contributed by atoms with E-state index >= 15 is 0 Å². The first-order valence-corrected chi connectivity index (χ1v) is 11.7. The molecule has 1 nitrogen and oxygen atoms in total. The summed E-state index contributed by atoms with van der Waals surface area (Å²) in [6, 6.07) is 36.3. The van der Waals surface area contributed by atoms with Crippen LogP contribution in [-0.4, -0.2) is 4.57 Å². The van der Waals surface area contributed by atoms with E-state index in [-0.39, 0.29) is 14.9 Å². The molecule has 0 saturated carbocycles. The number of aromatic nitrogens is 1. The zero-order valence-electron chi connectivity index (χ0n) is 18.7. The fourth-order valence-corrected chi connectivity index (χ4v) is 5.32. The highest BCUT2D eigenvalue weighted by Crippen LogP contribution is 2.35. The molecule has 0 bridgehead atoms. The average molecular weight is 446 g/mol. The minimum Gasteiger partial charge on any atom is -0.338 e. The van der Waals surface area contributed by atoms with Crippen molar-refractivity contribution < 1.29 is 0 Å². The van der Waals surface area contributed by atoms with Crippen molar-refractivity contribution in [1.82, 2.24) is 4.57 Å². The molecule has 1 heterocycles. The quantitative estimate of drug-likeness (QED) is 0.238. The lowest BCUT2D eigenvalue weighted by Crippen LogP contribution is -2.03. The first kappa shape index (κ1) is 23.6. The van der Waals surface area contributed by atoms with Crippen LogP contribution in [0, 0.1) is 0 Å². The summed E-state index contributed by atoms with van der Waals surface area (Å²) in [5.41, 5.74) is 5.46. The summed E-state index contributed by atoms with van der Waals surface area (Å²) in [6.07, 6.45) is 2.05. The molecular formula is C33H35N. The summed E-state index contributed by atoms with van der Waals surface area (Å²) in [6.45, 7) is 4.59. The molecule has 0 aliphatic rings. The number of benzene rings is 5. The Kier molecular flexibility index (Phi) is 6.48. The molecule has 5 aromatic carbocycles. The maximum Gasteiger partial charge on any atom is 0.0494 e. The van der Waals surface area contributed by atoms with E-state index in [2.05, 4.69) is 115 Å². The number of rotatable bonds is 4. The van der Waals surface area contributed by atoms with Crippen LogP contribution in [-0.2, 0) is 6.42 Å². The van der Waals surface area contributed by atoms with E-state index in [1.165, 1.54) is 54.5 Å². The average Bonchev–Trinajstić information content (AvgIpc) is 3.17. The Bertz CT molecular complexity index is 1550. The van der Waals surface area contributed by atoms with Crippen LogP contribution in [0.25, 0.3) is 43.4 Å². The summed E-state index contributed by atoms with van der Waals surface area (Å²) in [5.74, 6) is 0. The summed E-state index contributed by atoms with van der Waals surface area (Å²) < 4.78 is 2.52. The Labute approximate surface area is 203 Å². The lowest BCUT2D eigenvalue weighted by molar-refractivity contribution is 0.563. The van der Waals surface area contributed by atoms with E-state index in [1.54, 1.807) is 0 Å². The molecule has 1 atom stereocenters. The Morgan fingerprint density at radius 2 is 1.18 bits per heavy atom. The van der Waals surface area contributed by atoms with Crippen molar-refractivity contribution in [2.45, 2.75) is 47.6 Å².